The molecule has 0 spiro atoms. The van der Waals surface area contributed by atoms with Crippen LogP contribution in [0.2, 0.25) is 0 Å². The molecule has 0 bridgehead atoms. The minimum atomic E-state index is -0.213. The number of esters is 1. The van der Waals surface area contributed by atoms with Crippen LogP contribution in [-0.4, -0.2) is 37.3 Å². The number of anilines is 1. The zero-order chi connectivity index (χ0) is 13.7. The van der Waals surface area contributed by atoms with Crippen molar-refractivity contribution in [3.8, 4) is 5.75 Å². The van der Waals surface area contributed by atoms with Crippen molar-refractivity contribution in [2.24, 2.45) is 0 Å². The van der Waals surface area contributed by atoms with Gasteiger partial charge in [0.25, 0.3) is 0 Å². The van der Waals surface area contributed by atoms with Crippen molar-refractivity contribution in [2.75, 3.05) is 25.2 Å². The van der Waals surface area contributed by atoms with Gasteiger partial charge in [-0.25, -0.2) is 9.78 Å². The molecule has 0 saturated carbocycles. The lowest BCUT2D eigenvalue weighted by Gasteiger charge is -2.34. The van der Waals surface area contributed by atoms with E-state index in [0.717, 1.165) is 31.6 Å². The number of nitrogens with zero attached hydrogens (tertiary/aromatic N) is 2. The second kappa shape index (κ2) is 6.41. The lowest BCUT2D eigenvalue weighted by molar-refractivity contribution is -0.145. The Hall–Kier alpha value is -1.78. The number of rotatable bonds is 4. The van der Waals surface area contributed by atoms with Crippen LogP contribution in [0, 0.1) is 0 Å². The second-order valence-electron chi connectivity index (χ2n) is 4.51. The molecule has 5 nitrogen and oxygen atoms in total. The van der Waals surface area contributed by atoms with Crippen molar-refractivity contribution < 1.29 is 14.3 Å². The first-order valence-electron chi connectivity index (χ1n) is 6.69. The maximum absolute atomic E-state index is 12.0. The summed E-state index contributed by atoms with van der Waals surface area (Å²) >= 11 is 0. The molecule has 1 saturated heterocycles. The Bertz CT molecular complexity index is 419. The molecule has 2 heterocycles. The number of aromatic nitrogens is 1. The molecule has 1 aromatic rings. The van der Waals surface area contributed by atoms with Gasteiger partial charge < -0.3 is 14.4 Å². The molecule has 19 heavy (non-hydrogen) atoms. The molecule has 5 heteroatoms. The van der Waals surface area contributed by atoms with Gasteiger partial charge >= 0.3 is 5.97 Å². The molecule has 1 aliphatic heterocycles. The molecule has 0 aromatic carbocycles. The molecule has 0 radical (unpaired) electrons. The van der Waals surface area contributed by atoms with E-state index in [2.05, 4.69) is 4.98 Å². The zero-order valence-electron chi connectivity index (χ0n) is 11.5. The van der Waals surface area contributed by atoms with Crippen LogP contribution in [0.3, 0.4) is 0 Å². The Morgan fingerprint density at radius 2 is 2.32 bits per heavy atom. The number of carbonyl (C=O) groups excluding carboxylic acids is 1. The van der Waals surface area contributed by atoms with Crippen molar-refractivity contribution in [1.29, 1.82) is 0 Å². The highest BCUT2D eigenvalue weighted by molar-refractivity contribution is 5.80. The van der Waals surface area contributed by atoms with Gasteiger partial charge in [0.1, 0.15) is 17.6 Å². The number of hydrogen-bond donors (Lipinski definition) is 0. The number of ether oxygens (including phenoxy) is 2. The van der Waals surface area contributed by atoms with Crippen LogP contribution in [0.5, 0.6) is 5.75 Å². The molecule has 1 unspecified atom stereocenters. The average Bonchev–Trinajstić information content (AvgIpc) is 2.47. The second-order valence-corrected chi connectivity index (χ2v) is 4.51. The fourth-order valence-electron chi connectivity index (χ4n) is 2.35. The third-order valence-corrected chi connectivity index (χ3v) is 3.31. The predicted octanol–water partition coefficient (Wildman–Crippen LogP) is 2.01. The lowest BCUT2D eigenvalue weighted by atomic mass is 10.0. The Labute approximate surface area is 113 Å². The number of hydrogen-bond acceptors (Lipinski definition) is 5. The minimum Gasteiger partial charge on any atom is -0.495 e. The van der Waals surface area contributed by atoms with E-state index >= 15 is 0 Å². The summed E-state index contributed by atoms with van der Waals surface area (Å²) in [5, 5.41) is 0. The van der Waals surface area contributed by atoms with Gasteiger partial charge in [0.2, 0.25) is 0 Å². The van der Waals surface area contributed by atoms with E-state index < -0.39 is 0 Å². The summed E-state index contributed by atoms with van der Waals surface area (Å²) in [5.74, 6) is 1.37. The maximum atomic E-state index is 12.0. The van der Waals surface area contributed by atoms with Crippen molar-refractivity contribution >= 4 is 11.8 Å². The molecule has 2 rings (SSSR count). The molecule has 0 amide bonds. The van der Waals surface area contributed by atoms with Gasteiger partial charge in [0.05, 0.1) is 19.9 Å². The minimum absolute atomic E-state index is 0.153. The van der Waals surface area contributed by atoms with E-state index in [0.29, 0.717) is 12.4 Å². The summed E-state index contributed by atoms with van der Waals surface area (Å²) < 4.78 is 10.2. The van der Waals surface area contributed by atoms with Gasteiger partial charge in [-0.1, -0.05) is 0 Å². The van der Waals surface area contributed by atoms with Crippen LogP contribution in [-0.2, 0) is 9.53 Å². The monoisotopic (exact) mass is 264 g/mol. The van der Waals surface area contributed by atoms with E-state index in [9.17, 15) is 4.79 Å². The molecular weight excluding hydrogens is 244 g/mol. The molecule has 1 atom stereocenters. The van der Waals surface area contributed by atoms with Crippen LogP contribution in [0.1, 0.15) is 26.2 Å². The number of pyridine rings is 1. The molecule has 1 aliphatic rings. The number of carbonyl (C=O) groups is 1. The fraction of sp³-hybridized carbons (Fsp3) is 0.571. The van der Waals surface area contributed by atoms with Gasteiger partial charge in [-0.2, -0.15) is 0 Å². The largest absolute Gasteiger partial charge is 0.495 e. The number of methoxy groups -OCH3 is 1. The highest BCUT2D eigenvalue weighted by atomic mass is 16.5. The van der Waals surface area contributed by atoms with Gasteiger partial charge in [-0.15, -0.1) is 0 Å². The molecule has 104 valence electrons. The first-order valence-corrected chi connectivity index (χ1v) is 6.69. The Morgan fingerprint density at radius 1 is 1.47 bits per heavy atom. The van der Waals surface area contributed by atoms with E-state index in [-0.39, 0.29) is 12.0 Å². The first kappa shape index (κ1) is 13.6. The zero-order valence-corrected chi connectivity index (χ0v) is 11.5. The van der Waals surface area contributed by atoms with Crippen LogP contribution in [0.15, 0.2) is 18.3 Å². The van der Waals surface area contributed by atoms with Crippen LogP contribution >= 0.6 is 0 Å². The third kappa shape index (κ3) is 3.16. The van der Waals surface area contributed by atoms with Gasteiger partial charge in [0, 0.05) is 6.54 Å². The Balaban J connectivity index is 2.15. The Morgan fingerprint density at radius 3 is 2.95 bits per heavy atom. The quantitative estimate of drug-likeness (QED) is 0.779. The van der Waals surface area contributed by atoms with Gasteiger partial charge in [0.15, 0.2) is 0 Å². The predicted molar refractivity (Wildman–Crippen MR) is 72.4 cm³/mol. The van der Waals surface area contributed by atoms with Gasteiger partial charge in [-0.3, -0.25) is 0 Å². The molecule has 1 fully saturated rings. The summed E-state index contributed by atoms with van der Waals surface area (Å²) in [4.78, 5) is 18.4. The third-order valence-electron chi connectivity index (χ3n) is 3.31. The normalized spacial score (nSPS) is 19.1. The highest BCUT2D eigenvalue weighted by Crippen LogP contribution is 2.25. The van der Waals surface area contributed by atoms with Crippen molar-refractivity contribution in [3.63, 3.8) is 0 Å². The fourth-order valence-corrected chi connectivity index (χ4v) is 2.35. The van der Waals surface area contributed by atoms with Crippen LogP contribution in [0.4, 0.5) is 5.82 Å². The maximum Gasteiger partial charge on any atom is 0.328 e. The summed E-state index contributed by atoms with van der Waals surface area (Å²) in [7, 11) is 1.61. The molecule has 1 aromatic heterocycles. The highest BCUT2D eigenvalue weighted by Gasteiger charge is 2.30. The van der Waals surface area contributed by atoms with Crippen LogP contribution in [0.25, 0.3) is 0 Å². The lowest BCUT2D eigenvalue weighted by Crippen LogP contribution is -2.46. The van der Waals surface area contributed by atoms with E-state index in [1.54, 1.807) is 13.3 Å². The van der Waals surface area contributed by atoms with Crippen molar-refractivity contribution in [3.05, 3.63) is 18.3 Å². The topological polar surface area (TPSA) is 51.7 Å². The summed E-state index contributed by atoms with van der Waals surface area (Å²) in [6.45, 7) is 3.08. The van der Waals surface area contributed by atoms with Crippen LogP contribution < -0.4 is 9.64 Å². The van der Waals surface area contributed by atoms with E-state index in [1.807, 2.05) is 24.0 Å². The van der Waals surface area contributed by atoms with Crippen molar-refractivity contribution in [2.45, 2.75) is 32.2 Å². The molecule has 0 aliphatic carbocycles. The molecule has 0 N–H and O–H groups in total. The smallest absolute Gasteiger partial charge is 0.328 e. The first-order chi connectivity index (χ1) is 9.26. The van der Waals surface area contributed by atoms with Gasteiger partial charge in [-0.05, 0) is 38.3 Å². The molecular formula is C14H20N2O3. The Kier molecular flexibility index (Phi) is 4.60. The SMILES string of the molecule is CCOC(=O)C1CCCCN1c1ccc(OC)cn1. The number of piperidine rings is 1. The van der Waals surface area contributed by atoms with Crippen molar-refractivity contribution in [1.82, 2.24) is 4.98 Å². The summed E-state index contributed by atoms with van der Waals surface area (Å²) in [6.07, 6.45) is 4.62. The van der Waals surface area contributed by atoms with E-state index in [4.69, 9.17) is 9.47 Å². The summed E-state index contributed by atoms with van der Waals surface area (Å²) in [5.41, 5.74) is 0. The average molecular weight is 264 g/mol. The summed E-state index contributed by atoms with van der Waals surface area (Å²) in [6, 6.07) is 3.53. The standard InChI is InChI=1S/C14H20N2O3/c1-3-19-14(17)12-6-4-5-9-16(12)13-8-7-11(18-2)10-15-13/h7-8,10,12H,3-6,9H2,1-2H3. The van der Waals surface area contributed by atoms with E-state index in [1.165, 1.54) is 0 Å².